The van der Waals surface area contributed by atoms with Crippen molar-refractivity contribution < 1.29 is 22.0 Å². The van der Waals surface area contributed by atoms with E-state index in [2.05, 4.69) is 17.1 Å². The average molecular weight is 507 g/mol. The molecule has 0 atom stereocenters. The van der Waals surface area contributed by atoms with E-state index in [1.54, 1.807) is 31.4 Å². The summed E-state index contributed by atoms with van der Waals surface area (Å²) in [7, 11) is -2.46. The van der Waals surface area contributed by atoms with E-state index in [-0.39, 0.29) is 21.7 Å². The van der Waals surface area contributed by atoms with Crippen molar-refractivity contribution in [1.82, 2.24) is 4.98 Å². The second-order valence-corrected chi connectivity index (χ2v) is 10.8. The topological polar surface area (TPSA) is 72.6 Å². The number of hydrogen-bond acceptors (Lipinski definition) is 6. The zero-order valence-corrected chi connectivity index (χ0v) is 20.7. The van der Waals surface area contributed by atoms with Gasteiger partial charge in [0.2, 0.25) is 26.6 Å². The van der Waals surface area contributed by atoms with Crippen molar-refractivity contribution in [2.24, 2.45) is 5.92 Å². The highest BCUT2D eigenvalue weighted by Gasteiger charge is 2.33. The number of rotatable bonds is 7. The summed E-state index contributed by atoms with van der Waals surface area (Å²) in [5.74, 6) is 1.10. The van der Waals surface area contributed by atoms with Crippen LogP contribution in [-0.2, 0) is 16.3 Å². The Bertz CT molecular complexity index is 1410. The Labute approximate surface area is 210 Å². The van der Waals surface area contributed by atoms with E-state index in [0.29, 0.717) is 30.3 Å². The summed E-state index contributed by atoms with van der Waals surface area (Å²) in [6.07, 6.45) is 2.80. The summed E-state index contributed by atoms with van der Waals surface area (Å²) in [6, 6.07) is 22.2. The molecule has 3 aromatic carbocycles. The molecule has 0 unspecified atom stereocenters. The summed E-state index contributed by atoms with van der Waals surface area (Å²) in [5.41, 5.74) is 1.94. The van der Waals surface area contributed by atoms with E-state index >= 15 is 0 Å². The lowest BCUT2D eigenvalue weighted by Crippen LogP contribution is -2.34. The molecule has 0 amide bonds. The number of halogens is 1. The Balaban J connectivity index is 1.46. The molecule has 0 radical (unpaired) electrons. The Morgan fingerprint density at radius 3 is 2.28 bits per heavy atom. The minimum atomic E-state index is -4.04. The predicted octanol–water partition coefficient (Wildman–Crippen LogP) is 5.78. The number of nitrogens with zero attached hydrogens (tertiary/aromatic N) is 2. The number of ether oxygens (including phenoxy) is 1. The molecule has 0 aliphatic carbocycles. The molecule has 4 aromatic rings. The maximum atomic E-state index is 13.6. The molecule has 0 spiro atoms. The second kappa shape index (κ2) is 10.1. The van der Waals surface area contributed by atoms with Gasteiger partial charge in [-0.05, 0) is 79.3 Å². The lowest BCUT2D eigenvalue weighted by Gasteiger charge is -2.32. The Morgan fingerprint density at radius 2 is 1.64 bits per heavy atom. The number of hydrogen-bond donors (Lipinski definition) is 0. The molecule has 5 rings (SSSR count). The van der Waals surface area contributed by atoms with E-state index in [1.165, 1.54) is 17.7 Å². The predicted molar refractivity (Wildman–Crippen MR) is 135 cm³/mol. The van der Waals surface area contributed by atoms with Gasteiger partial charge in [0, 0.05) is 18.7 Å². The van der Waals surface area contributed by atoms with E-state index in [4.69, 9.17) is 9.15 Å². The van der Waals surface area contributed by atoms with Crippen molar-refractivity contribution in [3.05, 3.63) is 90.2 Å². The molecule has 186 valence electrons. The van der Waals surface area contributed by atoms with Crippen molar-refractivity contribution in [3.63, 3.8) is 0 Å². The summed E-state index contributed by atoms with van der Waals surface area (Å²) in [4.78, 5) is 6.36. The Hall–Kier alpha value is -3.65. The summed E-state index contributed by atoms with van der Waals surface area (Å²) >= 11 is 0. The van der Waals surface area contributed by atoms with E-state index in [0.717, 1.165) is 31.4 Å². The van der Waals surface area contributed by atoms with Crippen LogP contribution in [0.25, 0.3) is 11.5 Å². The highest BCUT2D eigenvalue weighted by Crippen LogP contribution is 2.37. The molecule has 1 fully saturated rings. The molecule has 6 nitrogen and oxygen atoms in total. The smallest absolute Gasteiger partial charge is 0.236 e. The third-order valence-corrected chi connectivity index (χ3v) is 8.23. The lowest BCUT2D eigenvalue weighted by molar-refractivity contribution is 0.387. The van der Waals surface area contributed by atoms with Crippen molar-refractivity contribution in [2.45, 2.75) is 29.2 Å². The molecular weight excluding hydrogens is 479 g/mol. The first-order valence-corrected chi connectivity index (χ1v) is 13.4. The second-order valence-electron chi connectivity index (χ2n) is 8.94. The number of benzene rings is 3. The van der Waals surface area contributed by atoms with Crippen LogP contribution in [-0.4, -0.2) is 33.6 Å². The van der Waals surface area contributed by atoms with Gasteiger partial charge < -0.3 is 14.1 Å². The number of piperidine rings is 1. The van der Waals surface area contributed by atoms with Gasteiger partial charge in [0.05, 0.1) is 12.0 Å². The molecule has 1 aliphatic rings. The first-order valence-electron chi connectivity index (χ1n) is 11.9. The minimum absolute atomic E-state index is 0.0290. The summed E-state index contributed by atoms with van der Waals surface area (Å²) in [5, 5.41) is -0.151. The quantitative estimate of drug-likeness (QED) is 0.296. The zero-order valence-electron chi connectivity index (χ0n) is 19.9. The standard InChI is InChI=1S/C28H27FN2O4S/c1-34-24-11-7-22(8-12-24)26-30-27(36(32,33)25-13-9-23(29)10-14-25)28(35-26)31-17-15-21(16-18-31)19-20-5-3-2-4-6-20/h2-14,21H,15-19H2,1H3. The molecule has 36 heavy (non-hydrogen) atoms. The summed E-state index contributed by atoms with van der Waals surface area (Å²) in [6.45, 7) is 1.31. The van der Waals surface area contributed by atoms with Gasteiger partial charge in [0.15, 0.2) is 0 Å². The maximum Gasteiger partial charge on any atom is 0.236 e. The van der Waals surface area contributed by atoms with Gasteiger partial charge in [-0.1, -0.05) is 30.3 Å². The van der Waals surface area contributed by atoms with Gasteiger partial charge in [-0.25, -0.2) is 12.8 Å². The fourth-order valence-electron chi connectivity index (χ4n) is 4.54. The van der Waals surface area contributed by atoms with Crippen molar-refractivity contribution in [1.29, 1.82) is 0 Å². The van der Waals surface area contributed by atoms with Crippen LogP contribution >= 0.6 is 0 Å². The average Bonchev–Trinajstić information content (AvgIpc) is 3.37. The number of oxazole rings is 1. The van der Waals surface area contributed by atoms with Gasteiger partial charge in [-0.3, -0.25) is 0 Å². The number of aromatic nitrogens is 1. The first kappa shape index (κ1) is 24.1. The first-order chi connectivity index (χ1) is 17.4. The van der Waals surface area contributed by atoms with Gasteiger partial charge >= 0.3 is 0 Å². The SMILES string of the molecule is COc1ccc(-c2nc(S(=O)(=O)c3ccc(F)cc3)c(N3CCC(Cc4ccccc4)CC3)o2)cc1. The van der Waals surface area contributed by atoms with Crippen LogP contribution < -0.4 is 9.64 Å². The highest BCUT2D eigenvalue weighted by atomic mass is 32.2. The molecule has 0 saturated carbocycles. The van der Waals surface area contributed by atoms with Crippen molar-refractivity contribution in [3.8, 4) is 17.2 Å². The molecular formula is C28H27FN2O4S. The van der Waals surface area contributed by atoms with E-state index in [1.807, 2.05) is 23.1 Å². The third kappa shape index (κ3) is 4.99. The van der Waals surface area contributed by atoms with Crippen molar-refractivity contribution in [2.75, 3.05) is 25.1 Å². The van der Waals surface area contributed by atoms with Gasteiger partial charge in [-0.15, -0.1) is 0 Å². The normalized spacial score (nSPS) is 14.7. The van der Waals surface area contributed by atoms with E-state index < -0.39 is 15.7 Å². The molecule has 0 N–H and O–H groups in total. The fourth-order valence-corrected chi connectivity index (χ4v) is 5.86. The van der Waals surface area contributed by atoms with Crippen LogP contribution in [0.2, 0.25) is 0 Å². The number of methoxy groups -OCH3 is 1. The van der Waals surface area contributed by atoms with Crippen LogP contribution in [0.1, 0.15) is 18.4 Å². The molecule has 0 bridgehead atoms. The molecule has 1 saturated heterocycles. The van der Waals surface area contributed by atoms with Crippen LogP contribution in [0.15, 0.2) is 93.2 Å². The van der Waals surface area contributed by atoms with Crippen LogP contribution in [0.5, 0.6) is 5.75 Å². The van der Waals surface area contributed by atoms with Gasteiger partial charge in [-0.2, -0.15) is 4.98 Å². The van der Waals surface area contributed by atoms with Gasteiger partial charge in [0.25, 0.3) is 0 Å². The van der Waals surface area contributed by atoms with Crippen LogP contribution in [0, 0.1) is 11.7 Å². The monoisotopic (exact) mass is 506 g/mol. The summed E-state index contributed by atoms with van der Waals surface area (Å²) < 4.78 is 52.0. The van der Waals surface area contributed by atoms with Crippen molar-refractivity contribution >= 4 is 15.7 Å². The Kier molecular flexibility index (Phi) is 6.78. The third-order valence-electron chi connectivity index (χ3n) is 6.56. The maximum absolute atomic E-state index is 13.6. The van der Waals surface area contributed by atoms with Crippen LogP contribution in [0.3, 0.4) is 0 Å². The number of sulfone groups is 1. The lowest BCUT2D eigenvalue weighted by atomic mass is 9.90. The van der Waals surface area contributed by atoms with Crippen LogP contribution in [0.4, 0.5) is 10.3 Å². The van der Waals surface area contributed by atoms with Gasteiger partial charge in [0.1, 0.15) is 11.6 Å². The molecule has 1 aliphatic heterocycles. The largest absolute Gasteiger partial charge is 0.497 e. The highest BCUT2D eigenvalue weighted by molar-refractivity contribution is 7.91. The number of anilines is 1. The Morgan fingerprint density at radius 1 is 0.972 bits per heavy atom. The molecule has 1 aromatic heterocycles. The van der Waals surface area contributed by atoms with E-state index in [9.17, 15) is 12.8 Å². The minimum Gasteiger partial charge on any atom is -0.497 e. The zero-order chi connectivity index (χ0) is 25.1. The molecule has 2 heterocycles. The fraction of sp³-hybridized carbons (Fsp3) is 0.250. The molecule has 8 heteroatoms.